The lowest BCUT2D eigenvalue weighted by Gasteiger charge is -2.36. The second-order valence-corrected chi connectivity index (χ2v) is 8.60. The van der Waals surface area contributed by atoms with E-state index < -0.39 is 17.8 Å². The average Bonchev–Trinajstić information content (AvgIpc) is 2.82. The summed E-state index contributed by atoms with van der Waals surface area (Å²) < 4.78 is 20.8. The Bertz CT molecular complexity index is 1150. The Kier molecular flexibility index (Phi) is 7.09. The van der Waals surface area contributed by atoms with Crippen molar-refractivity contribution in [3.05, 3.63) is 77.7 Å². The van der Waals surface area contributed by atoms with E-state index in [1.807, 2.05) is 38.1 Å². The number of ether oxygens (including phenoxy) is 1. The summed E-state index contributed by atoms with van der Waals surface area (Å²) in [6.07, 6.45) is 1.87. The first-order valence-corrected chi connectivity index (χ1v) is 11.3. The van der Waals surface area contributed by atoms with Gasteiger partial charge in [-0.15, -0.1) is 0 Å². The van der Waals surface area contributed by atoms with Crippen LogP contribution in [0.2, 0.25) is 0 Å². The Morgan fingerprint density at radius 2 is 1.91 bits per heavy atom. The zero-order valence-corrected chi connectivity index (χ0v) is 19.2. The molecule has 2 aromatic carbocycles. The highest BCUT2D eigenvalue weighted by Crippen LogP contribution is 2.31. The van der Waals surface area contributed by atoms with Crippen molar-refractivity contribution in [3.8, 4) is 11.1 Å². The molecular weight excluding hydrogens is 435 g/mol. The predicted molar refractivity (Wildman–Crippen MR) is 130 cm³/mol. The number of hydrogen-bond acceptors (Lipinski definition) is 6. The number of benzene rings is 2. The monoisotopic (exact) mass is 464 g/mol. The molecule has 3 aromatic rings. The Hall–Kier alpha value is -3.49. The van der Waals surface area contributed by atoms with Gasteiger partial charge in [0.05, 0.1) is 42.3 Å². The number of rotatable bonds is 6. The zero-order chi connectivity index (χ0) is 24.2. The molecule has 4 N–H and O–H groups in total. The number of pyridine rings is 1. The van der Waals surface area contributed by atoms with E-state index in [0.717, 1.165) is 24.3 Å². The number of anilines is 2. The van der Waals surface area contributed by atoms with E-state index >= 15 is 4.39 Å². The van der Waals surface area contributed by atoms with Crippen LogP contribution in [-0.2, 0) is 4.74 Å². The fourth-order valence-corrected chi connectivity index (χ4v) is 4.28. The summed E-state index contributed by atoms with van der Waals surface area (Å²) in [7, 11) is 0. The summed E-state index contributed by atoms with van der Waals surface area (Å²) >= 11 is 0. The third-order valence-electron chi connectivity index (χ3n) is 5.90. The van der Waals surface area contributed by atoms with Gasteiger partial charge in [-0.2, -0.15) is 0 Å². The molecule has 1 fully saturated rings. The van der Waals surface area contributed by atoms with Crippen LogP contribution in [0.1, 0.15) is 35.8 Å². The summed E-state index contributed by atoms with van der Waals surface area (Å²) in [6.45, 7) is 5.18. The topological polar surface area (TPSA) is 101 Å². The lowest BCUT2D eigenvalue weighted by atomic mass is 10.0. The van der Waals surface area contributed by atoms with E-state index in [0.29, 0.717) is 11.1 Å². The quantitative estimate of drug-likeness (QED) is 0.516. The van der Waals surface area contributed by atoms with Crippen molar-refractivity contribution in [1.82, 2.24) is 10.3 Å². The summed E-state index contributed by atoms with van der Waals surface area (Å²) in [5.74, 6) is -1.01. The van der Waals surface area contributed by atoms with Crippen molar-refractivity contribution in [1.29, 1.82) is 0 Å². The number of carbonyl (C=O) groups is 1. The Morgan fingerprint density at radius 3 is 2.56 bits per heavy atom. The van der Waals surface area contributed by atoms with E-state index in [2.05, 4.69) is 15.2 Å². The molecular formula is C26H29FN4O3. The molecule has 0 aliphatic carbocycles. The first-order chi connectivity index (χ1) is 16.4. The van der Waals surface area contributed by atoms with E-state index in [9.17, 15) is 9.90 Å². The number of nitrogens with one attached hydrogen (secondary N) is 1. The molecule has 178 valence electrons. The maximum atomic E-state index is 15.0. The van der Waals surface area contributed by atoms with Crippen LogP contribution in [-0.4, -0.2) is 47.9 Å². The standard InChI is InChI=1S/C26H29FN4O3/c1-16-13-31(14-17(2)34-16)20-11-22(25(28)29-12-20)19-8-9-21(23(27)10-19)26(33)30-24(15-32)18-6-4-3-5-7-18/h3-12,16-17,24,32H,13-15H2,1-2H3,(H2,28,29)(H,30,33)/t16-,17+,24?. The molecule has 0 bridgehead atoms. The fourth-order valence-electron chi connectivity index (χ4n) is 4.28. The second-order valence-electron chi connectivity index (χ2n) is 8.60. The average molecular weight is 465 g/mol. The van der Waals surface area contributed by atoms with Crippen molar-refractivity contribution in [2.24, 2.45) is 0 Å². The van der Waals surface area contributed by atoms with Crippen LogP contribution in [0.3, 0.4) is 0 Å². The number of amides is 1. The van der Waals surface area contributed by atoms with Crippen molar-refractivity contribution < 1.29 is 19.0 Å². The zero-order valence-electron chi connectivity index (χ0n) is 19.2. The molecule has 1 unspecified atom stereocenters. The number of aliphatic hydroxyl groups is 1. The third-order valence-corrected chi connectivity index (χ3v) is 5.90. The molecule has 0 radical (unpaired) electrons. The number of aromatic nitrogens is 1. The molecule has 1 saturated heterocycles. The Labute approximate surface area is 198 Å². The maximum Gasteiger partial charge on any atom is 0.254 e. The third kappa shape index (κ3) is 5.18. The molecule has 1 aliphatic rings. The van der Waals surface area contributed by atoms with Gasteiger partial charge in [-0.05, 0) is 43.2 Å². The number of hydrogen-bond donors (Lipinski definition) is 3. The lowest BCUT2D eigenvalue weighted by Crippen LogP contribution is -2.45. The normalized spacial score (nSPS) is 19.0. The van der Waals surface area contributed by atoms with Crippen LogP contribution in [0, 0.1) is 5.82 Å². The minimum atomic E-state index is -0.682. The largest absolute Gasteiger partial charge is 0.394 e. The summed E-state index contributed by atoms with van der Waals surface area (Å²) in [4.78, 5) is 19.2. The molecule has 3 atom stereocenters. The van der Waals surface area contributed by atoms with Gasteiger partial charge in [0.15, 0.2) is 0 Å². The SMILES string of the molecule is C[C@@H]1CN(c2cnc(N)c(-c3ccc(C(=O)NC(CO)c4ccccc4)c(F)c3)c2)C[C@H](C)O1. The van der Waals surface area contributed by atoms with Crippen molar-refractivity contribution in [3.63, 3.8) is 0 Å². The minimum Gasteiger partial charge on any atom is -0.394 e. The van der Waals surface area contributed by atoms with E-state index in [1.54, 1.807) is 24.4 Å². The van der Waals surface area contributed by atoms with Gasteiger partial charge >= 0.3 is 0 Å². The molecule has 1 aromatic heterocycles. The number of morpholine rings is 1. The van der Waals surface area contributed by atoms with Crippen LogP contribution in [0.15, 0.2) is 60.8 Å². The number of nitrogens with zero attached hydrogens (tertiary/aromatic N) is 2. The van der Waals surface area contributed by atoms with E-state index in [4.69, 9.17) is 10.5 Å². The second kappa shape index (κ2) is 10.2. The lowest BCUT2D eigenvalue weighted by molar-refractivity contribution is -0.00523. The van der Waals surface area contributed by atoms with Gasteiger partial charge in [-0.1, -0.05) is 36.4 Å². The first-order valence-electron chi connectivity index (χ1n) is 11.3. The highest BCUT2D eigenvalue weighted by Gasteiger charge is 2.24. The summed E-state index contributed by atoms with van der Waals surface area (Å²) in [5.41, 5.74) is 8.73. The molecule has 34 heavy (non-hydrogen) atoms. The molecule has 1 aliphatic heterocycles. The molecule has 8 heteroatoms. The molecule has 0 saturated carbocycles. The van der Waals surface area contributed by atoms with Crippen molar-refractivity contribution >= 4 is 17.4 Å². The number of nitrogen functional groups attached to an aromatic ring is 1. The van der Waals surface area contributed by atoms with E-state index in [1.165, 1.54) is 12.1 Å². The van der Waals surface area contributed by atoms with Crippen molar-refractivity contribution in [2.75, 3.05) is 30.3 Å². The first kappa shape index (κ1) is 23.7. The summed E-state index contributed by atoms with van der Waals surface area (Å²) in [5, 5.41) is 12.4. The van der Waals surface area contributed by atoms with Crippen LogP contribution >= 0.6 is 0 Å². The smallest absolute Gasteiger partial charge is 0.254 e. The number of aliphatic hydroxyl groups excluding tert-OH is 1. The van der Waals surface area contributed by atoms with Gasteiger partial charge in [-0.25, -0.2) is 9.37 Å². The van der Waals surface area contributed by atoms with Crippen LogP contribution in [0.4, 0.5) is 15.9 Å². The number of halogens is 1. The van der Waals surface area contributed by atoms with Gasteiger partial charge in [-0.3, -0.25) is 4.79 Å². The molecule has 1 amide bonds. The van der Waals surface area contributed by atoms with Gasteiger partial charge in [0.1, 0.15) is 11.6 Å². The van der Waals surface area contributed by atoms with Gasteiger partial charge in [0.25, 0.3) is 5.91 Å². The summed E-state index contributed by atoms with van der Waals surface area (Å²) in [6, 6.07) is 14.6. The maximum absolute atomic E-state index is 15.0. The molecule has 0 spiro atoms. The van der Waals surface area contributed by atoms with Crippen LogP contribution in [0.25, 0.3) is 11.1 Å². The highest BCUT2D eigenvalue weighted by molar-refractivity contribution is 5.95. The molecule has 2 heterocycles. The number of carbonyl (C=O) groups excluding carboxylic acids is 1. The fraction of sp³-hybridized carbons (Fsp3) is 0.308. The Balaban J connectivity index is 1.56. The van der Waals surface area contributed by atoms with E-state index in [-0.39, 0.29) is 30.2 Å². The predicted octanol–water partition coefficient (Wildman–Crippen LogP) is 3.55. The molecule has 7 nitrogen and oxygen atoms in total. The van der Waals surface area contributed by atoms with Gasteiger partial charge < -0.3 is 25.8 Å². The molecule has 4 rings (SSSR count). The van der Waals surface area contributed by atoms with Gasteiger partial charge in [0.2, 0.25) is 0 Å². The van der Waals surface area contributed by atoms with Gasteiger partial charge in [0, 0.05) is 18.7 Å². The van der Waals surface area contributed by atoms with Crippen molar-refractivity contribution in [2.45, 2.75) is 32.1 Å². The number of nitrogens with two attached hydrogens (primary N) is 1. The van der Waals surface area contributed by atoms with Crippen LogP contribution in [0.5, 0.6) is 0 Å². The van der Waals surface area contributed by atoms with Crippen LogP contribution < -0.4 is 16.0 Å². The minimum absolute atomic E-state index is 0.0821. The highest BCUT2D eigenvalue weighted by atomic mass is 19.1. The Morgan fingerprint density at radius 1 is 1.21 bits per heavy atom.